The number of hydrogen-bond acceptors (Lipinski definition) is 0. The van der Waals surface area contributed by atoms with Crippen molar-refractivity contribution in [1.29, 1.82) is 0 Å². The molecule has 1 heteroatoms. The molecule has 88 valence electrons. The maximum Gasteiger partial charge on any atom is 0.0838 e. The van der Waals surface area contributed by atoms with Gasteiger partial charge in [0.1, 0.15) is 0 Å². The molecule has 0 bridgehead atoms. The Morgan fingerprint density at radius 3 is 2.29 bits per heavy atom. The molecule has 0 aliphatic heterocycles. The summed E-state index contributed by atoms with van der Waals surface area (Å²) >= 11 is 6.57. The van der Waals surface area contributed by atoms with Gasteiger partial charge in [-0.15, -0.1) is 11.6 Å². The van der Waals surface area contributed by atoms with Gasteiger partial charge in [-0.05, 0) is 30.0 Å². The lowest BCUT2D eigenvalue weighted by molar-refractivity contribution is 1.04. The van der Waals surface area contributed by atoms with E-state index < -0.39 is 0 Å². The zero-order chi connectivity index (χ0) is 12.3. The number of rotatable bonds is 3. The molecule has 17 heavy (non-hydrogen) atoms. The Balaban J connectivity index is 2.36. The second kappa shape index (κ2) is 5.37. The van der Waals surface area contributed by atoms with Crippen LogP contribution >= 0.6 is 11.6 Å². The van der Waals surface area contributed by atoms with E-state index in [2.05, 4.69) is 62.4 Å². The van der Waals surface area contributed by atoms with Crippen molar-refractivity contribution in [3.05, 3.63) is 70.8 Å². The van der Waals surface area contributed by atoms with Crippen LogP contribution in [0.4, 0.5) is 0 Å². The summed E-state index contributed by atoms with van der Waals surface area (Å²) in [6.07, 6.45) is 1.02. The summed E-state index contributed by atoms with van der Waals surface area (Å²) in [6.45, 7) is 4.25. The molecule has 0 saturated heterocycles. The van der Waals surface area contributed by atoms with Gasteiger partial charge in [0.05, 0.1) is 5.38 Å². The van der Waals surface area contributed by atoms with Crippen LogP contribution in [0.3, 0.4) is 0 Å². The molecule has 0 fully saturated rings. The third-order valence-electron chi connectivity index (χ3n) is 3.08. The van der Waals surface area contributed by atoms with Crippen LogP contribution < -0.4 is 0 Å². The highest BCUT2D eigenvalue weighted by Gasteiger charge is 2.13. The molecular formula is C16H17Cl. The average molecular weight is 245 g/mol. The molecule has 1 unspecified atom stereocenters. The fourth-order valence-corrected chi connectivity index (χ4v) is 2.38. The highest BCUT2D eigenvalue weighted by Crippen LogP contribution is 2.31. The minimum atomic E-state index is -0.0493. The van der Waals surface area contributed by atoms with Gasteiger partial charge in [0, 0.05) is 0 Å². The third-order valence-corrected chi connectivity index (χ3v) is 3.57. The molecule has 0 aliphatic carbocycles. The molecule has 2 rings (SSSR count). The van der Waals surface area contributed by atoms with Gasteiger partial charge >= 0.3 is 0 Å². The molecule has 0 N–H and O–H groups in total. The largest absolute Gasteiger partial charge is 0.113 e. The minimum Gasteiger partial charge on any atom is -0.113 e. The Labute approximate surface area is 108 Å². The molecular weight excluding hydrogens is 228 g/mol. The topological polar surface area (TPSA) is 0 Å². The van der Waals surface area contributed by atoms with Gasteiger partial charge in [0.15, 0.2) is 0 Å². The predicted octanol–water partition coefficient (Wildman–Crippen LogP) is 4.89. The zero-order valence-corrected chi connectivity index (χ0v) is 11.0. The van der Waals surface area contributed by atoms with Crippen molar-refractivity contribution in [1.82, 2.24) is 0 Å². The number of aryl methyl sites for hydroxylation is 2. The third kappa shape index (κ3) is 2.70. The number of benzene rings is 2. The smallest absolute Gasteiger partial charge is 0.0838 e. The van der Waals surface area contributed by atoms with Crippen molar-refractivity contribution in [2.75, 3.05) is 0 Å². The first-order chi connectivity index (χ1) is 8.22. The highest BCUT2D eigenvalue weighted by molar-refractivity contribution is 6.22. The maximum absolute atomic E-state index is 6.57. The lowest BCUT2D eigenvalue weighted by Gasteiger charge is -2.14. The Morgan fingerprint density at radius 1 is 1.00 bits per heavy atom. The van der Waals surface area contributed by atoms with E-state index in [-0.39, 0.29) is 5.38 Å². The first-order valence-electron chi connectivity index (χ1n) is 6.00. The van der Waals surface area contributed by atoms with Gasteiger partial charge in [-0.1, -0.05) is 61.0 Å². The van der Waals surface area contributed by atoms with Crippen LogP contribution in [-0.4, -0.2) is 0 Å². The average Bonchev–Trinajstić information content (AvgIpc) is 2.39. The van der Waals surface area contributed by atoms with Crippen LogP contribution in [0.15, 0.2) is 48.5 Å². The molecule has 0 aliphatic rings. The van der Waals surface area contributed by atoms with Gasteiger partial charge in [-0.3, -0.25) is 0 Å². The number of alkyl halides is 1. The quantitative estimate of drug-likeness (QED) is 0.675. The van der Waals surface area contributed by atoms with Crippen molar-refractivity contribution in [2.24, 2.45) is 0 Å². The molecule has 0 aromatic heterocycles. The normalized spacial score (nSPS) is 12.4. The minimum absolute atomic E-state index is 0.0493. The summed E-state index contributed by atoms with van der Waals surface area (Å²) in [5.41, 5.74) is 4.98. The van der Waals surface area contributed by atoms with Gasteiger partial charge in [-0.2, -0.15) is 0 Å². The molecule has 2 aromatic rings. The summed E-state index contributed by atoms with van der Waals surface area (Å²) in [5, 5.41) is -0.0493. The molecule has 0 radical (unpaired) electrons. The first kappa shape index (κ1) is 12.2. The van der Waals surface area contributed by atoms with Gasteiger partial charge < -0.3 is 0 Å². The van der Waals surface area contributed by atoms with Crippen LogP contribution in [0, 0.1) is 6.92 Å². The SMILES string of the molecule is CCc1ccccc1C(Cl)c1ccc(C)cc1. The summed E-state index contributed by atoms with van der Waals surface area (Å²) in [4.78, 5) is 0. The van der Waals surface area contributed by atoms with Crippen molar-refractivity contribution in [3.8, 4) is 0 Å². The maximum atomic E-state index is 6.57. The molecule has 0 heterocycles. The second-order valence-electron chi connectivity index (χ2n) is 4.33. The monoisotopic (exact) mass is 244 g/mol. The lowest BCUT2D eigenvalue weighted by atomic mass is 9.97. The van der Waals surface area contributed by atoms with Crippen molar-refractivity contribution >= 4 is 11.6 Å². The summed E-state index contributed by atoms with van der Waals surface area (Å²) < 4.78 is 0. The molecule has 0 spiro atoms. The molecule has 0 saturated carbocycles. The van der Waals surface area contributed by atoms with E-state index in [9.17, 15) is 0 Å². The number of halogens is 1. The second-order valence-corrected chi connectivity index (χ2v) is 4.76. The van der Waals surface area contributed by atoms with E-state index in [0.29, 0.717) is 0 Å². The standard InChI is InChI=1S/C16H17Cl/c1-3-13-6-4-5-7-15(13)16(17)14-10-8-12(2)9-11-14/h4-11,16H,3H2,1-2H3. The van der Waals surface area contributed by atoms with Gasteiger partial charge in [0.25, 0.3) is 0 Å². The van der Waals surface area contributed by atoms with Crippen LogP contribution in [0.25, 0.3) is 0 Å². The fraction of sp³-hybridized carbons (Fsp3) is 0.250. The van der Waals surface area contributed by atoms with Crippen molar-refractivity contribution in [3.63, 3.8) is 0 Å². The molecule has 1 atom stereocenters. The summed E-state index contributed by atoms with van der Waals surface area (Å²) in [5.74, 6) is 0. The Morgan fingerprint density at radius 2 is 1.65 bits per heavy atom. The molecule has 0 amide bonds. The van der Waals surface area contributed by atoms with Crippen molar-refractivity contribution < 1.29 is 0 Å². The lowest BCUT2D eigenvalue weighted by Crippen LogP contribution is -1.98. The summed E-state index contributed by atoms with van der Waals surface area (Å²) in [6, 6.07) is 16.8. The van der Waals surface area contributed by atoms with Crippen LogP contribution in [0.1, 0.15) is 34.6 Å². The van der Waals surface area contributed by atoms with E-state index >= 15 is 0 Å². The Bertz CT molecular complexity index is 485. The van der Waals surface area contributed by atoms with E-state index in [0.717, 1.165) is 12.0 Å². The zero-order valence-electron chi connectivity index (χ0n) is 10.3. The predicted molar refractivity (Wildman–Crippen MR) is 74.7 cm³/mol. The highest BCUT2D eigenvalue weighted by atomic mass is 35.5. The van der Waals surface area contributed by atoms with E-state index in [1.807, 2.05) is 0 Å². The van der Waals surface area contributed by atoms with Gasteiger partial charge in [-0.25, -0.2) is 0 Å². The van der Waals surface area contributed by atoms with E-state index in [4.69, 9.17) is 11.6 Å². The fourth-order valence-electron chi connectivity index (χ4n) is 2.02. The summed E-state index contributed by atoms with van der Waals surface area (Å²) in [7, 11) is 0. The Kier molecular flexibility index (Phi) is 3.86. The molecule has 0 nitrogen and oxygen atoms in total. The van der Waals surface area contributed by atoms with Crippen LogP contribution in [0.5, 0.6) is 0 Å². The van der Waals surface area contributed by atoms with E-state index in [1.54, 1.807) is 0 Å². The first-order valence-corrected chi connectivity index (χ1v) is 6.44. The van der Waals surface area contributed by atoms with Crippen LogP contribution in [0.2, 0.25) is 0 Å². The Hall–Kier alpha value is -1.27. The molecule has 2 aromatic carbocycles. The van der Waals surface area contributed by atoms with E-state index in [1.165, 1.54) is 16.7 Å². The van der Waals surface area contributed by atoms with Crippen molar-refractivity contribution in [2.45, 2.75) is 25.6 Å². The van der Waals surface area contributed by atoms with Gasteiger partial charge in [0.2, 0.25) is 0 Å². The van der Waals surface area contributed by atoms with Crippen LogP contribution in [-0.2, 0) is 6.42 Å². The number of hydrogen-bond donors (Lipinski definition) is 0.